The number of nitrogens with one attached hydrogen (secondary N) is 1. The van der Waals surface area contributed by atoms with Crippen molar-refractivity contribution >= 4 is 18.1 Å². The van der Waals surface area contributed by atoms with Crippen molar-refractivity contribution in [2.45, 2.75) is 5.85 Å². The first-order valence-electron chi connectivity index (χ1n) is 4.53. The number of hydrogen-bond donors (Lipinski definition) is 3. The van der Waals surface area contributed by atoms with Crippen molar-refractivity contribution in [1.82, 2.24) is 5.32 Å². The standard InChI is InChI=1S/C10H9N3O3/c14-9(15)10(16)12-6-11-8(13-10)7-4-2-1-3-5-7/h1-6,16H,(H,14,15)(H,11,12,13). The van der Waals surface area contributed by atoms with Crippen molar-refractivity contribution in [2.75, 3.05) is 0 Å². The molecule has 0 amide bonds. The maximum Gasteiger partial charge on any atom is 0.382 e. The lowest BCUT2D eigenvalue weighted by molar-refractivity contribution is -0.159. The molecular formula is C10H9N3O3. The smallest absolute Gasteiger partial charge is 0.382 e. The predicted octanol–water partition coefficient (Wildman–Crippen LogP) is -0.205. The summed E-state index contributed by atoms with van der Waals surface area (Å²) in [5.74, 6) is -3.65. The Morgan fingerprint density at radius 2 is 2.00 bits per heavy atom. The Bertz CT molecular complexity index is 469. The third kappa shape index (κ3) is 1.78. The van der Waals surface area contributed by atoms with Gasteiger partial charge in [0.05, 0.1) is 6.34 Å². The third-order valence-corrected chi connectivity index (χ3v) is 2.05. The molecule has 16 heavy (non-hydrogen) atoms. The van der Waals surface area contributed by atoms with E-state index in [1.54, 1.807) is 24.3 Å². The summed E-state index contributed by atoms with van der Waals surface area (Å²) >= 11 is 0. The van der Waals surface area contributed by atoms with E-state index in [0.29, 0.717) is 5.56 Å². The van der Waals surface area contributed by atoms with E-state index >= 15 is 0 Å². The van der Waals surface area contributed by atoms with Gasteiger partial charge in [-0.1, -0.05) is 30.3 Å². The number of rotatable bonds is 2. The summed E-state index contributed by atoms with van der Waals surface area (Å²) in [6.07, 6.45) is 1.11. The normalized spacial score (nSPS) is 23.4. The average molecular weight is 219 g/mol. The molecule has 1 aliphatic rings. The Morgan fingerprint density at radius 1 is 1.31 bits per heavy atom. The second kappa shape index (κ2) is 3.74. The number of aliphatic carboxylic acids is 1. The van der Waals surface area contributed by atoms with E-state index in [-0.39, 0.29) is 5.84 Å². The van der Waals surface area contributed by atoms with E-state index in [9.17, 15) is 9.90 Å². The van der Waals surface area contributed by atoms with Gasteiger partial charge >= 0.3 is 11.8 Å². The summed E-state index contributed by atoms with van der Waals surface area (Å²) in [6, 6.07) is 8.82. The van der Waals surface area contributed by atoms with Crippen molar-refractivity contribution < 1.29 is 15.0 Å². The molecule has 0 spiro atoms. The van der Waals surface area contributed by atoms with Gasteiger partial charge in [-0.3, -0.25) is 0 Å². The number of carbonyl (C=O) groups is 1. The highest BCUT2D eigenvalue weighted by atomic mass is 16.4. The van der Waals surface area contributed by atoms with Gasteiger partial charge in [0, 0.05) is 5.56 Å². The molecule has 1 heterocycles. The average Bonchev–Trinajstić information content (AvgIpc) is 2.30. The van der Waals surface area contributed by atoms with Gasteiger partial charge < -0.3 is 15.5 Å². The Labute approximate surface area is 91.0 Å². The summed E-state index contributed by atoms with van der Waals surface area (Å²) in [7, 11) is 0. The van der Waals surface area contributed by atoms with Gasteiger partial charge in [0.25, 0.3) is 0 Å². The van der Waals surface area contributed by atoms with Crippen LogP contribution < -0.4 is 5.32 Å². The van der Waals surface area contributed by atoms with Crippen molar-refractivity contribution in [3.05, 3.63) is 35.9 Å². The molecular weight excluding hydrogens is 210 g/mol. The molecule has 0 aromatic heterocycles. The molecule has 1 aromatic carbocycles. The molecule has 1 aromatic rings. The number of hydrogen-bond acceptors (Lipinski definition) is 5. The van der Waals surface area contributed by atoms with Crippen LogP contribution in [0.1, 0.15) is 5.56 Å². The number of amidine groups is 1. The molecule has 1 atom stereocenters. The molecule has 6 nitrogen and oxygen atoms in total. The molecule has 0 fully saturated rings. The molecule has 0 saturated carbocycles. The number of aliphatic hydroxyl groups is 1. The number of benzene rings is 1. The fourth-order valence-corrected chi connectivity index (χ4v) is 1.23. The molecule has 82 valence electrons. The van der Waals surface area contributed by atoms with Crippen LogP contribution in [0.4, 0.5) is 0 Å². The number of carboxylic acid groups (broad SMARTS) is 1. The highest BCUT2D eigenvalue weighted by molar-refractivity contribution is 6.05. The minimum atomic E-state index is -2.34. The van der Waals surface area contributed by atoms with Crippen LogP contribution in [0.3, 0.4) is 0 Å². The molecule has 2 rings (SSSR count). The Morgan fingerprint density at radius 3 is 2.62 bits per heavy atom. The molecule has 1 unspecified atom stereocenters. The van der Waals surface area contributed by atoms with Crippen LogP contribution in [0.5, 0.6) is 0 Å². The van der Waals surface area contributed by atoms with Crippen LogP contribution in [-0.4, -0.2) is 34.2 Å². The lowest BCUT2D eigenvalue weighted by atomic mass is 10.2. The zero-order chi connectivity index (χ0) is 11.6. The Kier molecular flexibility index (Phi) is 2.41. The summed E-state index contributed by atoms with van der Waals surface area (Å²) in [5.41, 5.74) is 0.639. The zero-order valence-corrected chi connectivity index (χ0v) is 8.16. The predicted molar refractivity (Wildman–Crippen MR) is 57.2 cm³/mol. The minimum absolute atomic E-state index is 0.171. The van der Waals surface area contributed by atoms with Crippen LogP contribution in [-0.2, 0) is 4.79 Å². The fraction of sp³-hybridized carbons (Fsp3) is 0.100. The van der Waals surface area contributed by atoms with Crippen molar-refractivity contribution in [3.8, 4) is 0 Å². The van der Waals surface area contributed by atoms with E-state index in [1.165, 1.54) is 0 Å². The SMILES string of the molecule is O=C(O)C1(O)N=C(c2ccccc2)N=CN1. The van der Waals surface area contributed by atoms with Crippen LogP contribution in [0.25, 0.3) is 0 Å². The van der Waals surface area contributed by atoms with Gasteiger partial charge in [-0.2, -0.15) is 0 Å². The highest BCUT2D eigenvalue weighted by Gasteiger charge is 2.37. The second-order valence-electron chi connectivity index (χ2n) is 3.18. The fourth-order valence-electron chi connectivity index (χ4n) is 1.23. The second-order valence-corrected chi connectivity index (χ2v) is 3.18. The van der Waals surface area contributed by atoms with Crippen LogP contribution >= 0.6 is 0 Å². The molecule has 0 aliphatic carbocycles. The third-order valence-electron chi connectivity index (χ3n) is 2.05. The van der Waals surface area contributed by atoms with Crippen molar-refractivity contribution in [3.63, 3.8) is 0 Å². The van der Waals surface area contributed by atoms with Gasteiger partial charge in [-0.05, 0) is 0 Å². The van der Waals surface area contributed by atoms with Crippen molar-refractivity contribution in [1.29, 1.82) is 0 Å². The highest BCUT2D eigenvalue weighted by Crippen LogP contribution is 2.11. The molecule has 3 N–H and O–H groups in total. The van der Waals surface area contributed by atoms with E-state index < -0.39 is 11.8 Å². The van der Waals surface area contributed by atoms with E-state index in [1.807, 2.05) is 6.07 Å². The van der Waals surface area contributed by atoms with Crippen LogP contribution in [0.15, 0.2) is 40.3 Å². The number of aliphatic imine (C=N–C) groups is 2. The summed E-state index contributed by atoms with van der Waals surface area (Å²) in [4.78, 5) is 18.3. The molecule has 6 heteroatoms. The molecule has 0 bridgehead atoms. The zero-order valence-electron chi connectivity index (χ0n) is 8.16. The summed E-state index contributed by atoms with van der Waals surface area (Å²) in [5, 5.41) is 20.5. The monoisotopic (exact) mass is 219 g/mol. The van der Waals surface area contributed by atoms with Gasteiger partial charge in [-0.25, -0.2) is 14.8 Å². The van der Waals surface area contributed by atoms with E-state index in [0.717, 1.165) is 6.34 Å². The lowest BCUT2D eigenvalue weighted by Crippen LogP contribution is -2.52. The lowest BCUT2D eigenvalue weighted by Gasteiger charge is -2.22. The molecule has 0 saturated heterocycles. The Hall–Kier alpha value is -2.21. The van der Waals surface area contributed by atoms with E-state index in [2.05, 4.69) is 15.3 Å². The summed E-state index contributed by atoms with van der Waals surface area (Å²) < 4.78 is 0. The first kappa shape index (κ1) is 10.3. The maximum atomic E-state index is 10.8. The van der Waals surface area contributed by atoms with Crippen LogP contribution in [0, 0.1) is 0 Å². The minimum Gasteiger partial charge on any atom is -0.476 e. The number of nitrogens with zero attached hydrogens (tertiary/aromatic N) is 2. The van der Waals surface area contributed by atoms with Crippen molar-refractivity contribution in [2.24, 2.45) is 9.98 Å². The summed E-state index contributed by atoms with van der Waals surface area (Å²) in [6.45, 7) is 0. The van der Waals surface area contributed by atoms with Gasteiger partial charge in [0.2, 0.25) is 0 Å². The van der Waals surface area contributed by atoms with Gasteiger partial charge in [0.15, 0.2) is 5.84 Å². The molecule has 1 aliphatic heterocycles. The molecule has 0 radical (unpaired) electrons. The Balaban J connectivity index is 2.40. The topological polar surface area (TPSA) is 94.3 Å². The first-order chi connectivity index (χ1) is 7.62. The maximum absolute atomic E-state index is 10.8. The largest absolute Gasteiger partial charge is 0.476 e. The first-order valence-corrected chi connectivity index (χ1v) is 4.53. The number of carboxylic acids is 1. The van der Waals surface area contributed by atoms with Gasteiger partial charge in [-0.15, -0.1) is 0 Å². The van der Waals surface area contributed by atoms with Gasteiger partial charge in [0.1, 0.15) is 0 Å². The van der Waals surface area contributed by atoms with E-state index in [4.69, 9.17) is 5.11 Å². The van der Waals surface area contributed by atoms with Crippen LogP contribution in [0.2, 0.25) is 0 Å². The quantitative estimate of drug-likeness (QED) is 0.641.